The molecule has 0 radical (unpaired) electrons. The molecule has 0 aromatic heterocycles. The van der Waals surface area contributed by atoms with Crippen LogP contribution in [0.5, 0.6) is 5.75 Å². The van der Waals surface area contributed by atoms with Gasteiger partial charge < -0.3 is 15.4 Å². The molecule has 0 spiro atoms. The Morgan fingerprint density at radius 2 is 2.00 bits per heavy atom. The van der Waals surface area contributed by atoms with E-state index < -0.39 is 11.6 Å². The van der Waals surface area contributed by atoms with Gasteiger partial charge in [0.05, 0.1) is 12.8 Å². The molecule has 2 aromatic carbocycles. The van der Waals surface area contributed by atoms with Crippen LogP contribution in [0.3, 0.4) is 0 Å². The van der Waals surface area contributed by atoms with Gasteiger partial charge in [-0.3, -0.25) is 0 Å². The highest BCUT2D eigenvalue weighted by molar-refractivity contribution is 7.80. The maximum atomic E-state index is 14.2. The van der Waals surface area contributed by atoms with Crippen LogP contribution in [0.2, 0.25) is 0 Å². The Morgan fingerprint density at radius 1 is 1.28 bits per heavy atom. The summed E-state index contributed by atoms with van der Waals surface area (Å²) in [5, 5.41) is 6.69. The molecule has 6 heteroatoms. The summed E-state index contributed by atoms with van der Waals surface area (Å²) in [7, 11) is 1.59. The van der Waals surface area contributed by atoms with Gasteiger partial charge in [-0.1, -0.05) is 25.1 Å². The smallest absolute Gasteiger partial charge is 0.170 e. The molecule has 3 nitrogen and oxygen atoms in total. The van der Waals surface area contributed by atoms with Gasteiger partial charge in [-0.2, -0.15) is 0 Å². The van der Waals surface area contributed by atoms with Crippen LogP contribution >= 0.6 is 12.2 Å². The van der Waals surface area contributed by atoms with Crippen LogP contribution in [-0.2, 0) is 5.41 Å². The number of hydrogen-bond donors (Lipinski definition) is 2. The first-order valence-electron chi connectivity index (χ1n) is 8.09. The van der Waals surface area contributed by atoms with Gasteiger partial charge in [0.1, 0.15) is 17.4 Å². The lowest BCUT2D eigenvalue weighted by atomic mass is 9.93. The quantitative estimate of drug-likeness (QED) is 0.780. The van der Waals surface area contributed by atoms with Gasteiger partial charge in [0.15, 0.2) is 5.11 Å². The Morgan fingerprint density at radius 3 is 2.64 bits per heavy atom. The molecule has 0 heterocycles. The molecule has 2 N–H and O–H groups in total. The maximum Gasteiger partial charge on any atom is 0.170 e. The fourth-order valence-corrected chi connectivity index (χ4v) is 3.43. The van der Waals surface area contributed by atoms with E-state index in [-0.39, 0.29) is 5.41 Å². The summed E-state index contributed by atoms with van der Waals surface area (Å²) in [6.07, 6.45) is 0.833. The monoisotopic (exact) mass is 362 g/mol. The highest BCUT2D eigenvalue weighted by Crippen LogP contribution is 2.54. The number of halogens is 2. The zero-order valence-corrected chi connectivity index (χ0v) is 14.9. The van der Waals surface area contributed by atoms with Gasteiger partial charge in [-0.15, -0.1) is 0 Å². The van der Waals surface area contributed by atoms with Crippen LogP contribution in [0.25, 0.3) is 0 Å². The number of thiocarbonyl (C=S) groups is 1. The molecule has 1 fully saturated rings. The normalized spacial score (nSPS) is 21.5. The Bertz CT molecular complexity index is 799. The minimum Gasteiger partial charge on any atom is -0.495 e. The minimum absolute atomic E-state index is 0.300. The third-order valence-electron chi connectivity index (χ3n) is 4.84. The number of para-hydroxylation sites is 2. The van der Waals surface area contributed by atoms with Crippen LogP contribution in [0.4, 0.5) is 14.5 Å². The molecule has 0 aliphatic heterocycles. The lowest BCUT2D eigenvalue weighted by Crippen LogP contribution is -2.36. The van der Waals surface area contributed by atoms with Crippen molar-refractivity contribution in [1.82, 2.24) is 5.32 Å². The van der Waals surface area contributed by atoms with Crippen molar-refractivity contribution in [3.63, 3.8) is 0 Å². The second-order valence-electron chi connectivity index (χ2n) is 6.39. The number of anilines is 1. The number of rotatable bonds is 5. The van der Waals surface area contributed by atoms with E-state index in [0.29, 0.717) is 28.9 Å². The maximum absolute atomic E-state index is 14.2. The molecule has 2 unspecified atom stereocenters. The Balaban J connectivity index is 1.68. The van der Waals surface area contributed by atoms with Crippen molar-refractivity contribution >= 4 is 23.0 Å². The van der Waals surface area contributed by atoms with E-state index in [1.54, 1.807) is 7.11 Å². The zero-order chi connectivity index (χ0) is 18.0. The standard InChI is InChI=1S/C19H20F2N2OS/c1-12-10-19(12,14-8-7-13(20)9-15(14)21)11-22-18(25)23-16-5-3-4-6-17(16)24-2/h3-9,12H,10-11H2,1-2H3,(H2,22,23,25). The third kappa shape index (κ3) is 3.58. The van der Waals surface area contributed by atoms with Crippen LogP contribution in [0.15, 0.2) is 42.5 Å². The molecule has 3 rings (SSSR count). The van der Waals surface area contributed by atoms with Crippen LogP contribution in [-0.4, -0.2) is 18.8 Å². The molecule has 25 heavy (non-hydrogen) atoms. The molecule has 2 aromatic rings. The minimum atomic E-state index is -0.564. The van der Waals surface area contributed by atoms with Gasteiger partial charge in [0.25, 0.3) is 0 Å². The molecular formula is C19H20F2N2OS. The molecule has 0 amide bonds. The predicted octanol–water partition coefficient (Wildman–Crippen LogP) is 4.24. The lowest BCUT2D eigenvalue weighted by Gasteiger charge is -2.21. The van der Waals surface area contributed by atoms with Gasteiger partial charge in [0, 0.05) is 18.0 Å². The summed E-state index contributed by atoms with van der Waals surface area (Å²) in [6.45, 7) is 2.54. The average Bonchev–Trinajstić information content (AvgIpc) is 3.24. The summed E-state index contributed by atoms with van der Waals surface area (Å²) in [4.78, 5) is 0. The van der Waals surface area contributed by atoms with E-state index in [9.17, 15) is 8.78 Å². The van der Waals surface area contributed by atoms with Crippen molar-refractivity contribution in [2.75, 3.05) is 19.0 Å². The van der Waals surface area contributed by atoms with E-state index >= 15 is 0 Å². The molecule has 0 saturated heterocycles. The van der Waals surface area contributed by atoms with E-state index in [1.807, 2.05) is 24.3 Å². The Hall–Kier alpha value is -2.21. The van der Waals surface area contributed by atoms with E-state index in [0.717, 1.165) is 18.2 Å². The van der Waals surface area contributed by atoms with Gasteiger partial charge in [-0.05, 0) is 48.3 Å². The van der Waals surface area contributed by atoms with Gasteiger partial charge >= 0.3 is 0 Å². The van der Waals surface area contributed by atoms with Crippen LogP contribution in [0.1, 0.15) is 18.9 Å². The zero-order valence-electron chi connectivity index (χ0n) is 14.1. The van der Waals surface area contributed by atoms with Crippen molar-refractivity contribution in [3.8, 4) is 5.75 Å². The number of hydrogen-bond acceptors (Lipinski definition) is 2. The first-order valence-corrected chi connectivity index (χ1v) is 8.50. The number of methoxy groups -OCH3 is 1. The molecule has 1 aliphatic carbocycles. The summed E-state index contributed by atoms with van der Waals surface area (Å²) in [6, 6.07) is 11.2. The molecule has 132 valence electrons. The average molecular weight is 362 g/mol. The molecule has 2 atom stereocenters. The van der Waals surface area contributed by atoms with Crippen molar-refractivity contribution in [2.24, 2.45) is 5.92 Å². The number of ether oxygens (including phenoxy) is 1. The van der Waals surface area contributed by atoms with Gasteiger partial charge in [-0.25, -0.2) is 8.78 Å². The largest absolute Gasteiger partial charge is 0.495 e. The molecule has 1 aliphatic rings. The van der Waals surface area contributed by atoms with Crippen LogP contribution in [0, 0.1) is 17.6 Å². The fourth-order valence-electron chi connectivity index (χ4n) is 3.25. The second kappa shape index (κ2) is 6.96. The van der Waals surface area contributed by atoms with Crippen molar-refractivity contribution in [3.05, 3.63) is 59.7 Å². The molecule has 0 bridgehead atoms. The van der Waals surface area contributed by atoms with Gasteiger partial charge in [0.2, 0.25) is 0 Å². The second-order valence-corrected chi connectivity index (χ2v) is 6.80. The van der Waals surface area contributed by atoms with Crippen LogP contribution < -0.4 is 15.4 Å². The molecule has 1 saturated carbocycles. The van der Waals surface area contributed by atoms with Crippen molar-refractivity contribution < 1.29 is 13.5 Å². The fraction of sp³-hybridized carbons (Fsp3) is 0.316. The lowest BCUT2D eigenvalue weighted by molar-refractivity contribution is 0.417. The number of benzene rings is 2. The summed E-state index contributed by atoms with van der Waals surface area (Å²) < 4.78 is 32.7. The topological polar surface area (TPSA) is 33.3 Å². The first kappa shape index (κ1) is 17.6. The summed E-state index contributed by atoms with van der Waals surface area (Å²) >= 11 is 5.35. The van der Waals surface area contributed by atoms with Crippen molar-refractivity contribution in [1.29, 1.82) is 0 Å². The molecular weight excluding hydrogens is 342 g/mol. The number of nitrogens with one attached hydrogen (secondary N) is 2. The highest BCUT2D eigenvalue weighted by Gasteiger charge is 2.53. The predicted molar refractivity (Wildman–Crippen MR) is 99.0 cm³/mol. The van der Waals surface area contributed by atoms with E-state index in [1.165, 1.54) is 12.1 Å². The van der Waals surface area contributed by atoms with Crippen molar-refractivity contribution in [2.45, 2.75) is 18.8 Å². The Kier molecular flexibility index (Phi) is 4.90. The Labute approximate surface area is 151 Å². The van der Waals surface area contributed by atoms with E-state index in [4.69, 9.17) is 17.0 Å². The SMILES string of the molecule is COc1ccccc1NC(=S)NCC1(c2ccc(F)cc2F)CC1C. The summed E-state index contributed by atoms with van der Waals surface area (Å²) in [5.41, 5.74) is 0.937. The summed E-state index contributed by atoms with van der Waals surface area (Å²) in [5.74, 6) is -0.0828. The third-order valence-corrected chi connectivity index (χ3v) is 5.09. The first-order chi connectivity index (χ1) is 12.0. The highest BCUT2D eigenvalue weighted by atomic mass is 32.1. The van der Waals surface area contributed by atoms with E-state index in [2.05, 4.69) is 17.6 Å².